The van der Waals surface area contributed by atoms with Crippen molar-refractivity contribution >= 4 is 0 Å². The van der Waals surface area contributed by atoms with Crippen LogP contribution in [0.3, 0.4) is 0 Å². The van der Waals surface area contributed by atoms with Gasteiger partial charge in [-0.05, 0) is 0 Å². The first-order valence-electron chi connectivity index (χ1n) is 1.63. The van der Waals surface area contributed by atoms with Gasteiger partial charge in [0.05, 0.1) is 0 Å². The van der Waals surface area contributed by atoms with Gasteiger partial charge in [-0.15, -0.1) is 0 Å². The molecule has 0 atom stereocenters. The first-order valence-corrected chi connectivity index (χ1v) is 1.63. The molecule has 0 aromatic rings. The van der Waals surface area contributed by atoms with Crippen LogP contribution in [-0.2, 0) is 90.3 Å². The van der Waals surface area contributed by atoms with Crippen molar-refractivity contribution in [1.82, 2.24) is 0 Å². The molecule has 0 heterocycles. The van der Waals surface area contributed by atoms with Crippen LogP contribution in [0.5, 0.6) is 0 Å². The van der Waals surface area contributed by atoms with E-state index in [1.807, 2.05) is 0 Å². The molecule has 0 N–H and O–H groups in total. The summed E-state index contributed by atoms with van der Waals surface area (Å²) >= 11 is 0. The van der Waals surface area contributed by atoms with Gasteiger partial charge in [-0.1, -0.05) is 0 Å². The van der Waals surface area contributed by atoms with Crippen molar-refractivity contribution in [3.05, 3.63) is 53.2 Å². The van der Waals surface area contributed by atoms with Gasteiger partial charge in [0.15, 0.2) is 0 Å². The second kappa shape index (κ2) is 24500. The predicted molar refractivity (Wildman–Crippen MR) is 31.4 cm³/mol. The molecule has 11 heteroatoms. The molecule has 8 nitrogen and oxygen atoms in total. The first-order chi connectivity index (χ1) is 8.00. The third-order valence-corrected chi connectivity index (χ3v) is 0. The van der Waals surface area contributed by atoms with Gasteiger partial charge in [0.2, 0.25) is 0 Å². The molecule has 0 saturated carbocycles. The van der Waals surface area contributed by atoms with E-state index < -0.39 is 0 Å². The molecule has 19 heavy (non-hydrogen) atoms. The molecule has 0 unspecified atom stereocenters. The van der Waals surface area contributed by atoms with Crippen molar-refractivity contribution < 1.29 is 90.3 Å². The minimum Gasteiger partial charge on any atom is 0 e. The fourth-order valence-electron chi connectivity index (χ4n) is 0. The summed E-state index contributed by atoms with van der Waals surface area (Å²) in [7, 11) is 0. The Hall–Kier alpha value is -0.444. The molecule has 0 aliphatic heterocycles. The average Bonchev–Trinajstić information content (AvgIpc) is 2.54. The van der Waals surface area contributed by atoms with Gasteiger partial charge < -0.3 is 0 Å². The smallest absolute Gasteiger partial charge is 0 e. The Bertz CT molecular complexity index is 141. The topological polar surface area (TPSA) is 159 Å². The van der Waals surface area contributed by atoms with Gasteiger partial charge in [0, 0.05) is 53.0 Å². The van der Waals surface area contributed by atoms with E-state index in [1.54, 1.807) is 0 Å². The van der Waals surface area contributed by atoms with Gasteiger partial charge in [0.25, 0.3) is 0 Å². The van der Waals surface area contributed by atoms with Crippen molar-refractivity contribution in [1.29, 1.82) is 0 Å². The zero-order valence-electron chi connectivity index (χ0n) is 8.64. The van der Waals surface area contributed by atoms with E-state index in [-0.39, 0.29) is 53.0 Å². The maximum atomic E-state index is 7.50. The number of hydrogen-bond donors (Lipinski definition) is 0. The van der Waals surface area contributed by atoms with Gasteiger partial charge in [-0.3, -0.25) is 0 Å². The summed E-state index contributed by atoms with van der Waals surface area (Å²) in [4.78, 5) is 0. The van der Waals surface area contributed by atoms with Crippen LogP contribution in [-0.4, -0.2) is 0 Å². The van der Waals surface area contributed by atoms with E-state index in [0.29, 0.717) is 0 Å². The third kappa shape index (κ3) is 21600. The van der Waals surface area contributed by atoms with E-state index in [4.69, 9.17) is 37.2 Å². The molecule has 2 radical (unpaired) electrons. The SMILES string of the molecule is [C-]#[O+].[C-]#[O+].[C-]#[O+].[C-]#[O+].[C-]#[O+].[C-]#[O+].[C-]#[O+].[C-]#[O+].[Co].[Co].[Zn]. The maximum absolute atomic E-state index is 7.50. The van der Waals surface area contributed by atoms with Gasteiger partial charge in [-0.2, -0.15) is 0 Å². The molecule has 0 aliphatic rings. The second-order valence-corrected chi connectivity index (χ2v) is 0. The van der Waals surface area contributed by atoms with E-state index in [9.17, 15) is 0 Å². The first kappa shape index (κ1) is 100. The largest absolute Gasteiger partial charge is 0 e. The molecule has 0 aromatic heterocycles. The van der Waals surface area contributed by atoms with Crippen molar-refractivity contribution in [3.63, 3.8) is 0 Å². The summed E-state index contributed by atoms with van der Waals surface area (Å²) in [5.41, 5.74) is 0. The van der Waals surface area contributed by atoms with E-state index in [2.05, 4.69) is 53.2 Å². The molecule has 0 bridgehead atoms. The summed E-state index contributed by atoms with van der Waals surface area (Å²) in [5.74, 6) is 0. The Morgan fingerprint density at radius 3 is 0.263 bits per heavy atom. The van der Waals surface area contributed by atoms with Crippen LogP contribution in [0.15, 0.2) is 0 Å². The van der Waals surface area contributed by atoms with Gasteiger partial charge >= 0.3 is 90.4 Å². The molecule has 0 rings (SSSR count). The zero-order chi connectivity index (χ0) is 16.0. The van der Waals surface area contributed by atoms with Crippen molar-refractivity contribution in [3.8, 4) is 0 Å². The van der Waals surface area contributed by atoms with Crippen LogP contribution >= 0.6 is 0 Å². The fraction of sp³-hybridized carbons (Fsp3) is 0. The Kier molecular flexibility index (Phi) is 129000. The minimum atomic E-state index is 0. The van der Waals surface area contributed by atoms with E-state index in [1.165, 1.54) is 0 Å². The van der Waals surface area contributed by atoms with Crippen LogP contribution in [0.25, 0.3) is 0 Å². The summed E-state index contributed by atoms with van der Waals surface area (Å²) in [6.45, 7) is 36.0. The molecule has 0 aromatic carbocycles. The van der Waals surface area contributed by atoms with Crippen molar-refractivity contribution in [2.45, 2.75) is 0 Å². The van der Waals surface area contributed by atoms with Crippen LogP contribution in [0, 0.1) is 53.2 Å². The molecule has 0 spiro atoms. The molecule has 0 aliphatic carbocycles. The standard InChI is InChI=1S/8CO.2Co.Zn/c8*1-2;;;. The van der Waals surface area contributed by atoms with E-state index >= 15 is 0 Å². The van der Waals surface area contributed by atoms with Crippen LogP contribution in [0.1, 0.15) is 0 Å². The van der Waals surface area contributed by atoms with Crippen LogP contribution < -0.4 is 0 Å². The third-order valence-electron chi connectivity index (χ3n) is 0. The normalized spacial score (nSPS) is 0.842. The minimum absolute atomic E-state index is 0. The molecule has 0 fully saturated rings. The Balaban J connectivity index is -0.00000000418. The Morgan fingerprint density at radius 2 is 0.263 bits per heavy atom. The summed E-state index contributed by atoms with van der Waals surface area (Å²) in [6, 6.07) is 0. The number of hydrogen-bond acceptors (Lipinski definition) is 0. The summed E-state index contributed by atoms with van der Waals surface area (Å²) in [6.07, 6.45) is 0. The predicted octanol–water partition coefficient (Wildman–Crippen LogP) is -0.308. The zero-order valence-corrected chi connectivity index (χ0v) is 13.7. The number of rotatable bonds is 0. The summed E-state index contributed by atoms with van der Waals surface area (Å²) in [5, 5.41) is 0. The monoisotopic (exact) mass is 406 g/mol. The fourth-order valence-corrected chi connectivity index (χ4v) is 0. The quantitative estimate of drug-likeness (QED) is 0.293. The molecule has 0 saturated heterocycles. The van der Waals surface area contributed by atoms with Gasteiger partial charge in [-0.25, -0.2) is 0 Å². The van der Waals surface area contributed by atoms with Gasteiger partial charge in [0.1, 0.15) is 0 Å². The average molecular weight is 407 g/mol. The van der Waals surface area contributed by atoms with Crippen molar-refractivity contribution in [2.24, 2.45) is 0 Å². The second-order valence-electron chi connectivity index (χ2n) is 0. The maximum Gasteiger partial charge on any atom is 0 e. The summed E-state index contributed by atoms with van der Waals surface area (Å²) < 4.78 is 60.0. The molecule has 0 amide bonds. The van der Waals surface area contributed by atoms with E-state index in [0.717, 1.165) is 0 Å². The van der Waals surface area contributed by atoms with Crippen LogP contribution in [0.2, 0.25) is 0 Å². The van der Waals surface area contributed by atoms with Crippen LogP contribution in [0.4, 0.5) is 0 Å². The van der Waals surface area contributed by atoms with Crippen molar-refractivity contribution in [2.75, 3.05) is 0 Å². The molecular formula is C8Co2O8Zn. The Morgan fingerprint density at radius 1 is 0.263 bits per heavy atom. The molecule has 100 valence electrons. The molecular weight excluding hydrogens is 407 g/mol. The Labute approximate surface area is 143 Å².